The molecule has 1 aromatic heterocycles. The Kier molecular flexibility index (Phi) is 9.07. The highest BCUT2D eigenvalue weighted by Gasteiger charge is 2.33. The number of hydrogen-bond acceptors (Lipinski definition) is 4. The van der Waals surface area contributed by atoms with E-state index in [9.17, 15) is 9.59 Å². The molecule has 3 aromatic rings. The molecule has 2 aromatic carbocycles. The first-order valence-electron chi connectivity index (χ1n) is 14.4. The zero-order chi connectivity index (χ0) is 27.2. The smallest absolute Gasteiger partial charge is 0.258 e. The average molecular weight is 551 g/mol. The van der Waals surface area contributed by atoms with E-state index < -0.39 is 6.04 Å². The Morgan fingerprint density at radius 2 is 1.59 bits per heavy atom. The second-order valence-corrected chi connectivity index (χ2v) is 11.4. The number of para-hydroxylation sites is 2. The van der Waals surface area contributed by atoms with Crippen molar-refractivity contribution in [3.8, 4) is 5.75 Å². The second-order valence-electron chi connectivity index (χ2n) is 11.0. The topological polar surface area (TPSA) is 76.5 Å². The van der Waals surface area contributed by atoms with Crippen LogP contribution in [0.25, 0.3) is 11.0 Å². The number of benzene rings is 2. The largest absolute Gasteiger partial charge is 0.484 e. The van der Waals surface area contributed by atoms with Crippen LogP contribution in [0.5, 0.6) is 5.75 Å². The van der Waals surface area contributed by atoms with Crippen LogP contribution in [0, 0.1) is 0 Å². The van der Waals surface area contributed by atoms with Crippen molar-refractivity contribution >= 4 is 34.4 Å². The molecule has 39 heavy (non-hydrogen) atoms. The van der Waals surface area contributed by atoms with Crippen LogP contribution >= 0.6 is 11.6 Å². The molecule has 1 heterocycles. The quantitative estimate of drug-likeness (QED) is 0.332. The van der Waals surface area contributed by atoms with E-state index in [1.54, 1.807) is 24.3 Å². The van der Waals surface area contributed by atoms with Crippen LogP contribution in [0.15, 0.2) is 48.5 Å². The summed E-state index contributed by atoms with van der Waals surface area (Å²) >= 11 is 5.93. The Balaban J connectivity index is 1.34. The van der Waals surface area contributed by atoms with Gasteiger partial charge in [0.2, 0.25) is 5.91 Å². The van der Waals surface area contributed by atoms with Gasteiger partial charge >= 0.3 is 0 Å². The van der Waals surface area contributed by atoms with Crippen molar-refractivity contribution in [2.45, 2.75) is 95.8 Å². The van der Waals surface area contributed by atoms with E-state index in [4.69, 9.17) is 21.3 Å². The Hall–Kier alpha value is -3.06. The molecule has 0 aliphatic heterocycles. The number of hydrogen-bond donors (Lipinski definition) is 1. The number of nitrogens with zero attached hydrogens (tertiary/aromatic N) is 3. The summed E-state index contributed by atoms with van der Waals surface area (Å²) in [6.45, 7) is 2.01. The van der Waals surface area contributed by atoms with Crippen molar-refractivity contribution in [3.05, 3.63) is 59.4 Å². The van der Waals surface area contributed by atoms with Crippen LogP contribution in [-0.4, -0.2) is 45.0 Å². The van der Waals surface area contributed by atoms with Crippen molar-refractivity contribution < 1.29 is 14.3 Å². The van der Waals surface area contributed by atoms with Crippen LogP contribution in [0.1, 0.15) is 83.0 Å². The predicted octanol–water partition coefficient (Wildman–Crippen LogP) is 6.44. The van der Waals surface area contributed by atoms with Crippen LogP contribution in [0.4, 0.5) is 0 Å². The van der Waals surface area contributed by atoms with Gasteiger partial charge in [0.1, 0.15) is 18.1 Å². The van der Waals surface area contributed by atoms with Gasteiger partial charge in [0.15, 0.2) is 6.61 Å². The van der Waals surface area contributed by atoms with Crippen LogP contribution in [0.2, 0.25) is 5.02 Å². The van der Waals surface area contributed by atoms with Crippen molar-refractivity contribution in [2.24, 2.45) is 0 Å². The number of aromatic nitrogens is 2. The molecule has 1 N–H and O–H groups in total. The van der Waals surface area contributed by atoms with Gasteiger partial charge in [0, 0.05) is 17.1 Å². The van der Waals surface area contributed by atoms with Gasteiger partial charge in [0.25, 0.3) is 5.91 Å². The van der Waals surface area contributed by atoms with Crippen LogP contribution in [0.3, 0.4) is 0 Å². The number of fused-ring (bicyclic) bond motifs is 1. The normalized spacial score (nSPS) is 17.6. The molecule has 2 aliphatic rings. The van der Waals surface area contributed by atoms with E-state index in [0.717, 1.165) is 36.7 Å². The molecular formula is C31H39ClN4O3. The molecule has 7 nitrogen and oxygen atoms in total. The number of amides is 2. The van der Waals surface area contributed by atoms with Gasteiger partial charge in [0.05, 0.1) is 17.1 Å². The standard InChI is InChI=1S/C31H39ClN4O3/c1-22(33-29(37)21-39-26-18-16-23(32)17-19-26)31-34-27-14-8-9-15-28(27)35(31)20-30(38)36(24-10-4-2-5-11-24)25-12-6-3-7-13-25/h8-9,14-19,22,24-25H,2-7,10-13,20-21H2,1H3,(H,33,37). The van der Waals surface area contributed by atoms with E-state index in [2.05, 4.69) is 10.2 Å². The molecule has 1 atom stereocenters. The summed E-state index contributed by atoms with van der Waals surface area (Å²) in [7, 11) is 0. The number of carbonyl (C=O) groups excluding carboxylic acids is 2. The molecule has 8 heteroatoms. The predicted molar refractivity (Wildman–Crippen MR) is 154 cm³/mol. The van der Waals surface area contributed by atoms with Crippen molar-refractivity contribution in [1.82, 2.24) is 19.8 Å². The number of rotatable bonds is 9. The fraction of sp³-hybridized carbons (Fsp3) is 0.516. The minimum Gasteiger partial charge on any atom is -0.484 e. The lowest BCUT2D eigenvalue weighted by molar-refractivity contribution is -0.138. The third kappa shape index (κ3) is 6.75. The summed E-state index contributed by atoms with van der Waals surface area (Å²) in [5, 5.41) is 3.62. The van der Waals surface area contributed by atoms with Gasteiger partial charge in [-0.3, -0.25) is 9.59 Å². The number of ether oxygens (including phenoxy) is 1. The maximum Gasteiger partial charge on any atom is 0.258 e. The first-order valence-corrected chi connectivity index (χ1v) is 14.8. The minimum absolute atomic E-state index is 0.123. The number of nitrogens with one attached hydrogen (secondary N) is 1. The molecule has 0 radical (unpaired) electrons. The number of imidazole rings is 1. The van der Waals surface area contributed by atoms with Crippen LogP contribution < -0.4 is 10.1 Å². The van der Waals surface area contributed by atoms with Crippen molar-refractivity contribution in [3.63, 3.8) is 0 Å². The third-order valence-electron chi connectivity index (χ3n) is 8.15. The van der Waals surface area contributed by atoms with E-state index in [-0.39, 0.29) is 25.0 Å². The lowest BCUT2D eigenvalue weighted by Gasteiger charge is -2.42. The Labute approximate surface area is 235 Å². The fourth-order valence-corrected chi connectivity index (χ4v) is 6.39. The molecule has 2 aliphatic carbocycles. The summed E-state index contributed by atoms with van der Waals surface area (Å²) < 4.78 is 7.62. The van der Waals surface area contributed by atoms with Gasteiger partial charge in [-0.25, -0.2) is 4.98 Å². The van der Waals surface area contributed by atoms with E-state index in [1.165, 1.54) is 38.5 Å². The molecule has 1 unspecified atom stereocenters. The molecule has 0 bridgehead atoms. The van der Waals surface area contributed by atoms with E-state index in [1.807, 2.05) is 35.8 Å². The average Bonchev–Trinajstić information content (AvgIpc) is 3.32. The van der Waals surface area contributed by atoms with E-state index in [0.29, 0.717) is 28.7 Å². The minimum atomic E-state index is -0.399. The Morgan fingerprint density at radius 1 is 0.974 bits per heavy atom. The zero-order valence-corrected chi connectivity index (χ0v) is 23.5. The second kappa shape index (κ2) is 12.9. The maximum atomic E-state index is 14.1. The molecular weight excluding hydrogens is 512 g/mol. The monoisotopic (exact) mass is 550 g/mol. The molecule has 2 amide bonds. The maximum absolute atomic E-state index is 14.1. The Morgan fingerprint density at radius 3 is 2.23 bits per heavy atom. The summed E-state index contributed by atoms with van der Waals surface area (Å²) in [6, 6.07) is 15.0. The van der Waals surface area contributed by atoms with Crippen molar-refractivity contribution in [1.29, 1.82) is 0 Å². The first kappa shape index (κ1) is 27.5. The molecule has 0 spiro atoms. The summed E-state index contributed by atoms with van der Waals surface area (Å²) in [5.74, 6) is 1.17. The van der Waals surface area contributed by atoms with Gasteiger partial charge in [-0.05, 0) is 69.0 Å². The third-order valence-corrected chi connectivity index (χ3v) is 8.40. The Bertz CT molecular complexity index is 1240. The highest BCUT2D eigenvalue weighted by molar-refractivity contribution is 6.30. The van der Waals surface area contributed by atoms with Crippen LogP contribution in [-0.2, 0) is 16.1 Å². The highest BCUT2D eigenvalue weighted by atomic mass is 35.5. The van der Waals surface area contributed by atoms with Gasteiger partial charge in [-0.15, -0.1) is 0 Å². The fourth-order valence-electron chi connectivity index (χ4n) is 6.26. The lowest BCUT2D eigenvalue weighted by Crippen LogP contribution is -2.50. The molecule has 5 rings (SSSR count). The molecule has 208 valence electrons. The molecule has 2 saturated carbocycles. The summed E-state index contributed by atoms with van der Waals surface area (Å²) in [6.07, 6.45) is 11.7. The highest BCUT2D eigenvalue weighted by Crippen LogP contribution is 2.31. The lowest BCUT2D eigenvalue weighted by atomic mass is 9.88. The molecule has 2 fully saturated rings. The van der Waals surface area contributed by atoms with Crippen molar-refractivity contribution in [2.75, 3.05) is 6.61 Å². The summed E-state index contributed by atoms with van der Waals surface area (Å²) in [4.78, 5) is 34.0. The van der Waals surface area contributed by atoms with E-state index >= 15 is 0 Å². The molecule has 0 saturated heterocycles. The summed E-state index contributed by atoms with van der Waals surface area (Å²) in [5.41, 5.74) is 1.73. The number of halogens is 1. The number of carbonyl (C=O) groups is 2. The van der Waals surface area contributed by atoms with Gasteiger partial charge < -0.3 is 19.5 Å². The SMILES string of the molecule is CC(NC(=O)COc1ccc(Cl)cc1)c1nc2ccccc2n1CC(=O)N(C1CCCCC1)C1CCCCC1. The zero-order valence-electron chi connectivity index (χ0n) is 22.8. The van der Waals surface area contributed by atoms with Gasteiger partial charge in [-0.1, -0.05) is 62.3 Å². The van der Waals surface area contributed by atoms with Gasteiger partial charge in [-0.2, -0.15) is 0 Å². The first-order chi connectivity index (χ1) is 19.0.